The highest BCUT2D eigenvalue weighted by molar-refractivity contribution is 7.09. The molecule has 0 saturated heterocycles. The summed E-state index contributed by atoms with van der Waals surface area (Å²) in [5.74, 6) is -1.13. The second-order valence-corrected chi connectivity index (χ2v) is 7.44. The van der Waals surface area contributed by atoms with E-state index in [0.29, 0.717) is 27.9 Å². The van der Waals surface area contributed by atoms with Crippen LogP contribution in [-0.2, 0) is 17.9 Å². The first-order chi connectivity index (χ1) is 13.5. The number of hydrogen-bond acceptors (Lipinski definition) is 6. The summed E-state index contributed by atoms with van der Waals surface area (Å²) in [6.07, 6.45) is 0. The number of amides is 2. The van der Waals surface area contributed by atoms with E-state index in [4.69, 9.17) is 4.74 Å². The van der Waals surface area contributed by atoms with Crippen molar-refractivity contribution in [3.05, 3.63) is 86.9 Å². The van der Waals surface area contributed by atoms with E-state index in [1.54, 1.807) is 48.5 Å². The number of ether oxygens (including phenoxy) is 1. The molecule has 0 unspecified atom stereocenters. The van der Waals surface area contributed by atoms with Gasteiger partial charge in [0.2, 0.25) is 0 Å². The number of fused-ring (bicyclic) bond motifs is 1. The van der Waals surface area contributed by atoms with E-state index in [1.807, 2.05) is 12.3 Å². The summed E-state index contributed by atoms with van der Waals surface area (Å²) in [5.41, 5.74) is 2.55. The van der Waals surface area contributed by atoms with Crippen LogP contribution in [0.3, 0.4) is 0 Å². The number of carbonyl (C=O) groups excluding carboxylic acids is 3. The van der Waals surface area contributed by atoms with Crippen LogP contribution < -0.4 is 0 Å². The van der Waals surface area contributed by atoms with Gasteiger partial charge in [-0.05, 0) is 36.8 Å². The number of benzene rings is 2. The Hall–Kier alpha value is -3.32. The molecule has 7 heteroatoms. The molecular weight excluding hydrogens is 376 g/mol. The molecule has 1 aliphatic heterocycles. The Morgan fingerprint density at radius 2 is 1.79 bits per heavy atom. The molecule has 0 atom stereocenters. The van der Waals surface area contributed by atoms with E-state index in [0.717, 1.165) is 5.01 Å². The minimum atomic E-state index is -0.477. The fraction of sp³-hybridized carbons (Fsp3) is 0.143. The molecule has 1 aliphatic rings. The summed E-state index contributed by atoms with van der Waals surface area (Å²) in [6, 6.07) is 13.5. The molecule has 0 N–H and O–H groups in total. The topological polar surface area (TPSA) is 76.6 Å². The normalized spacial score (nSPS) is 13.0. The van der Waals surface area contributed by atoms with Crippen LogP contribution in [0.1, 0.15) is 47.3 Å². The number of imide groups is 1. The van der Waals surface area contributed by atoms with Crippen molar-refractivity contribution in [1.82, 2.24) is 9.88 Å². The summed E-state index contributed by atoms with van der Waals surface area (Å²) in [4.78, 5) is 42.8. The zero-order chi connectivity index (χ0) is 19.7. The maximum absolute atomic E-state index is 12.5. The molecule has 2 aromatic carbocycles. The Labute approximate surface area is 165 Å². The van der Waals surface area contributed by atoms with Crippen LogP contribution in [0.2, 0.25) is 0 Å². The smallest absolute Gasteiger partial charge is 0.338 e. The first-order valence-electron chi connectivity index (χ1n) is 8.65. The predicted molar refractivity (Wildman–Crippen MR) is 103 cm³/mol. The third-order valence-electron chi connectivity index (χ3n) is 4.40. The highest BCUT2D eigenvalue weighted by Gasteiger charge is 2.35. The maximum atomic E-state index is 12.5. The van der Waals surface area contributed by atoms with Crippen molar-refractivity contribution < 1.29 is 19.1 Å². The van der Waals surface area contributed by atoms with Gasteiger partial charge >= 0.3 is 5.97 Å². The minimum absolute atomic E-state index is 0.0960. The molecule has 0 fully saturated rings. The SMILES string of the molecule is Cc1nc(COC(=O)c2cccc(CN3C(=O)c4ccccc4C3=O)c2)cs1. The standard InChI is InChI=1S/C21H16N2O4S/c1-13-22-16(12-28-13)11-27-21(26)15-6-4-5-14(9-15)10-23-19(24)17-7-2-3-8-18(17)20(23)25/h2-9,12H,10-11H2,1H3. The van der Waals surface area contributed by atoms with E-state index in [1.165, 1.54) is 16.2 Å². The van der Waals surface area contributed by atoms with Gasteiger partial charge in [-0.3, -0.25) is 14.5 Å². The lowest BCUT2D eigenvalue weighted by Gasteiger charge is -2.14. The molecule has 0 saturated carbocycles. The Bertz CT molecular complexity index is 1050. The molecule has 28 heavy (non-hydrogen) atoms. The summed E-state index contributed by atoms with van der Waals surface area (Å²) in [6.45, 7) is 2.09. The molecule has 0 spiro atoms. The molecule has 3 aromatic rings. The third kappa shape index (κ3) is 3.44. The number of thiazole rings is 1. The number of aryl methyl sites for hydroxylation is 1. The summed E-state index contributed by atoms with van der Waals surface area (Å²) >= 11 is 1.50. The number of carbonyl (C=O) groups is 3. The van der Waals surface area contributed by atoms with Crippen LogP contribution in [-0.4, -0.2) is 27.7 Å². The molecule has 0 bridgehead atoms. The number of hydrogen-bond donors (Lipinski definition) is 0. The maximum Gasteiger partial charge on any atom is 0.338 e. The lowest BCUT2D eigenvalue weighted by Crippen LogP contribution is -2.29. The molecule has 0 aliphatic carbocycles. The molecule has 1 aromatic heterocycles. The van der Waals surface area contributed by atoms with Gasteiger partial charge in [-0.25, -0.2) is 9.78 Å². The fourth-order valence-corrected chi connectivity index (χ4v) is 3.66. The predicted octanol–water partition coefficient (Wildman–Crippen LogP) is 3.60. The molecule has 140 valence electrons. The van der Waals surface area contributed by atoms with Crippen LogP contribution in [0.5, 0.6) is 0 Å². The van der Waals surface area contributed by atoms with Crippen molar-refractivity contribution in [1.29, 1.82) is 0 Å². The average molecular weight is 392 g/mol. The molecule has 4 rings (SSSR count). The highest BCUT2D eigenvalue weighted by Crippen LogP contribution is 2.24. The van der Waals surface area contributed by atoms with Crippen molar-refractivity contribution in [2.24, 2.45) is 0 Å². The van der Waals surface area contributed by atoms with Gasteiger partial charge in [0, 0.05) is 5.38 Å². The van der Waals surface area contributed by atoms with Crippen molar-refractivity contribution >= 4 is 29.1 Å². The molecule has 2 heterocycles. The van der Waals surface area contributed by atoms with Gasteiger partial charge in [-0.1, -0.05) is 24.3 Å². The van der Waals surface area contributed by atoms with Gasteiger partial charge in [-0.15, -0.1) is 11.3 Å². The van der Waals surface area contributed by atoms with Gasteiger partial charge in [0.15, 0.2) is 0 Å². The fourth-order valence-electron chi connectivity index (χ4n) is 3.06. The Morgan fingerprint density at radius 3 is 2.43 bits per heavy atom. The van der Waals surface area contributed by atoms with Crippen LogP contribution in [0.4, 0.5) is 0 Å². The van der Waals surface area contributed by atoms with Gasteiger partial charge in [0.05, 0.1) is 33.9 Å². The Balaban J connectivity index is 1.46. The number of rotatable bonds is 5. The molecule has 6 nitrogen and oxygen atoms in total. The molecule has 0 radical (unpaired) electrons. The number of aromatic nitrogens is 1. The van der Waals surface area contributed by atoms with Crippen LogP contribution >= 0.6 is 11.3 Å². The van der Waals surface area contributed by atoms with Gasteiger partial charge in [0.1, 0.15) is 6.61 Å². The monoisotopic (exact) mass is 392 g/mol. The van der Waals surface area contributed by atoms with Crippen molar-refractivity contribution in [3.8, 4) is 0 Å². The second kappa shape index (κ2) is 7.36. The first kappa shape index (κ1) is 18.1. The van der Waals surface area contributed by atoms with Crippen molar-refractivity contribution in [2.75, 3.05) is 0 Å². The van der Waals surface area contributed by atoms with Crippen molar-refractivity contribution in [3.63, 3.8) is 0 Å². The van der Waals surface area contributed by atoms with Gasteiger partial charge in [0.25, 0.3) is 11.8 Å². The zero-order valence-corrected chi connectivity index (χ0v) is 15.9. The van der Waals surface area contributed by atoms with Crippen LogP contribution in [0.25, 0.3) is 0 Å². The summed E-state index contributed by atoms with van der Waals surface area (Å²) in [7, 11) is 0. The van der Waals surface area contributed by atoms with E-state index >= 15 is 0 Å². The lowest BCUT2D eigenvalue weighted by molar-refractivity contribution is 0.0468. The Morgan fingerprint density at radius 1 is 1.07 bits per heavy atom. The lowest BCUT2D eigenvalue weighted by atomic mass is 10.1. The van der Waals surface area contributed by atoms with Crippen LogP contribution in [0.15, 0.2) is 53.9 Å². The van der Waals surface area contributed by atoms with Crippen molar-refractivity contribution in [2.45, 2.75) is 20.1 Å². The number of esters is 1. The summed E-state index contributed by atoms with van der Waals surface area (Å²) in [5, 5.41) is 2.76. The number of nitrogens with zero attached hydrogens (tertiary/aromatic N) is 2. The highest BCUT2D eigenvalue weighted by atomic mass is 32.1. The van der Waals surface area contributed by atoms with E-state index in [2.05, 4.69) is 4.98 Å². The summed E-state index contributed by atoms with van der Waals surface area (Å²) < 4.78 is 5.30. The third-order valence-corrected chi connectivity index (χ3v) is 5.22. The van der Waals surface area contributed by atoms with Gasteiger partial charge < -0.3 is 4.74 Å². The Kier molecular flexibility index (Phi) is 4.75. The van der Waals surface area contributed by atoms with E-state index < -0.39 is 5.97 Å². The molecular formula is C21H16N2O4S. The van der Waals surface area contributed by atoms with E-state index in [-0.39, 0.29) is 25.0 Å². The quantitative estimate of drug-likeness (QED) is 0.490. The first-order valence-corrected chi connectivity index (χ1v) is 9.53. The largest absolute Gasteiger partial charge is 0.456 e. The van der Waals surface area contributed by atoms with Gasteiger partial charge in [-0.2, -0.15) is 0 Å². The molecule has 2 amide bonds. The minimum Gasteiger partial charge on any atom is -0.456 e. The average Bonchev–Trinajstić information content (AvgIpc) is 3.23. The second-order valence-electron chi connectivity index (χ2n) is 6.38. The zero-order valence-electron chi connectivity index (χ0n) is 15.0. The van der Waals surface area contributed by atoms with Crippen LogP contribution in [0, 0.1) is 6.92 Å². The van der Waals surface area contributed by atoms with E-state index in [9.17, 15) is 14.4 Å².